The first-order valence-corrected chi connectivity index (χ1v) is 7.45. The zero-order valence-corrected chi connectivity index (χ0v) is 13.2. The highest BCUT2D eigenvalue weighted by Gasteiger charge is 2.15. The van der Waals surface area contributed by atoms with Crippen LogP contribution in [0.5, 0.6) is 0 Å². The third-order valence-corrected chi connectivity index (χ3v) is 3.62. The summed E-state index contributed by atoms with van der Waals surface area (Å²) in [5.41, 5.74) is 2.62. The lowest BCUT2D eigenvalue weighted by molar-refractivity contribution is -0.151. The fourth-order valence-corrected chi connectivity index (χ4v) is 2.34. The topological polar surface area (TPSA) is 59.8 Å². The van der Waals surface area contributed by atoms with Gasteiger partial charge in [0.15, 0.2) is 6.61 Å². The zero-order chi connectivity index (χ0) is 16.1. The number of carbonyl (C=O) groups excluding carboxylic acids is 2. The van der Waals surface area contributed by atoms with Crippen molar-refractivity contribution in [2.45, 2.75) is 27.2 Å². The van der Waals surface area contributed by atoms with E-state index in [0.29, 0.717) is 13.1 Å². The van der Waals surface area contributed by atoms with Crippen LogP contribution in [-0.2, 0) is 20.7 Å². The van der Waals surface area contributed by atoms with Gasteiger partial charge in [0.05, 0.1) is 12.7 Å². The number of carbonyl (C=O) groups is 2. The zero-order valence-electron chi connectivity index (χ0n) is 13.2. The third-order valence-electron chi connectivity index (χ3n) is 3.62. The van der Waals surface area contributed by atoms with Gasteiger partial charge in [-0.3, -0.25) is 9.59 Å². The van der Waals surface area contributed by atoms with Crippen LogP contribution in [0.3, 0.4) is 0 Å². The fraction of sp³-hybridized carbons (Fsp3) is 0.412. The van der Waals surface area contributed by atoms with E-state index in [1.807, 2.05) is 39.0 Å². The predicted molar refractivity (Wildman–Crippen MR) is 83.5 cm³/mol. The van der Waals surface area contributed by atoms with E-state index in [1.165, 1.54) is 0 Å². The van der Waals surface area contributed by atoms with E-state index in [1.54, 1.807) is 11.2 Å². The third kappa shape index (κ3) is 3.67. The van der Waals surface area contributed by atoms with Gasteiger partial charge in [0.25, 0.3) is 5.91 Å². The second-order valence-electron chi connectivity index (χ2n) is 5.16. The summed E-state index contributed by atoms with van der Waals surface area (Å²) in [7, 11) is 0. The molecule has 0 saturated carbocycles. The van der Waals surface area contributed by atoms with E-state index in [-0.39, 0.29) is 18.9 Å². The number of amides is 1. The minimum absolute atomic E-state index is 0.0988. The van der Waals surface area contributed by atoms with Crippen molar-refractivity contribution in [3.05, 3.63) is 35.6 Å². The lowest BCUT2D eigenvalue weighted by Crippen LogP contribution is -2.34. The van der Waals surface area contributed by atoms with E-state index < -0.39 is 5.97 Å². The van der Waals surface area contributed by atoms with Gasteiger partial charge < -0.3 is 14.1 Å². The molecule has 2 rings (SSSR count). The Hall–Kier alpha value is -2.30. The Morgan fingerprint density at radius 3 is 2.64 bits per heavy atom. The number of rotatable bonds is 6. The Balaban J connectivity index is 1.95. The van der Waals surface area contributed by atoms with E-state index in [2.05, 4.69) is 0 Å². The van der Waals surface area contributed by atoms with E-state index in [4.69, 9.17) is 9.15 Å². The predicted octanol–water partition coefficient (Wildman–Crippen LogP) is 2.70. The second-order valence-corrected chi connectivity index (χ2v) is 5.16. The molecule has 0 radical (unpaired) electrons. The molecule has 1 amide bonds. The first-order valence-electron chi connectivity index (χ1n) is 7.45. The van der Waals surface area contributed by atoms with Crippen molar-refractivity contribution in [2.24, 2.45) is 0 Å². The monoisotopic (exact) mass is 303 g/mol. The summed E-state index contributed by atoms with van der Waals surface area (Å²) in [5, 5.41) is 0.901. The number of furan rings is 1. The molecule has 0 atom stereocenters. The molecule has 5 heteroatoms. The number of likely N-dealkylation sites (N-methyl/N-ethyl adjacent to an activating group) is 1. The van der Waals surface area contributed by atoms with Crippen molar-refractivity contribution < 1.29 is 18.7 Å². The summed E-state index contributed by atoms with van der Waals surface area (Å²) in [6.45, 7) is 6.77. The van der Waals surface area contributed by atoms with Gasteiger partial charge in [-0.25, -0.2) is 0 Å². The van der Waals surface area contributed by atoms with Gasteiger partial charge in [0.1, 0.15) is 5.58 Å². The number of benzene rings is 1. The molecule has 1 heterocycles. The van der Waals surface area contributed by atoms with Crippen molar-refractivity contribution in [1.29, 1.82) is 0 Å². The minimum Gasteiger partial charge on any atom is -0.464 e. The first kappa shape index (κ1) is 16.1. The van der Waals surface area contributed by atoms with Crippen LogP contribution in [0.1, 0.15) is 25.0 Å². The maximum Gasteiger partial charge on any atom is 0.310 e. The quantitative estimate of drug-likeness (QED) is 0.770. The Bertz CT molecular complexity index is 670. The van der Waals surface area contributed by atoms with Gasteiger partial charge in [0.2, 0.25) is 0 Å². The molecule has 22 heavy (non-hydrogen) atoms. The normalized spacial score (nSPS) is 10.7. The first-order chi connectivity index (χ1) is 10.5. The van der Waals surface area contributed by atoms with Crippen LogP contribution in [0.15, 0.2) is 28.9 Å². The largest absolute Gasteiger partial charge is 0.464 e. The summed E-state index contributed by atoms with van der Waals surface area (Å²) in [6.07, 6.45) is 1.67. The van der Waals surface area contributed by atoms with Gasteiger partial charge in [-0.15, -0.1) is 0 Å². The van der Waals surface area contributed by atoms with Gasteiger partial charge in [-0.1, -0.05) is 12.1 Å². The molecule has 0 aliphatic heterocycles. The van der Waals surface area contributed by atoms with Crippen LogP contribution in [0.4, 0.5) is 0 Å². The average Bonchev–Trinajstić information content (AvgIpc) is 2.88. The van der Waals surface area contributed by atoms with Gasteiger partial charge in [-0.2, -0.15) is 0 Å². The molecule has 0 fully saturated rings. The molecule has 1 aromatic carbocycles. The number of fused-ring (bicyclic) bond motifs is 1. The Kier molecular flexibility index (Phi) is 5.20. The van der Waals surface area contributed by atoms with Crippen molar-refractivity contribution in [3.63, 3.8) is 0 Å². The maximum absolute atomic E-state index is 11.9. The van der Waals surface area contributed by atoms with Crippen LogP contribution < -0.4 is 0 Å². The standard InChI is InChI=1S/C17H21NO4/c1-4-18(5-2)16(19)11-22-17(20)9-13-10-21-15-8-12(3)6-7-14(13)15/h6-8,10H,4-5,9,11H2,1-3H3. The fourth-order valence-electron chi connectivity index (χ4n) is 2.34. The Morgan fingerprint density at radius 2 is 1.95 bits per heavy atom. The van der Waals surface area contributed by atoms with Crippen LogP contribution in [0.2, 0.25) is 0 Å². The molecule has 0 aliphatic rings. The number of esters is 1. The van der Waals surface area contributed by atoms with Crippen molar-refractivity contribution in [1.82, 2.24) is 4.90 Å². The molecule has 118 valence electrons. The molecular weight excluding hydrogens is 282 g/mol. The average molecular weight is 303 g/mol. The summed E-state index contributed by atoms with van der Waals surface area (Å²) in [5.74, 6) is -0.602. The molecule has 2 aromatic rings. The molecule has 0 spiro atoms. The van der Waals surface area contributed by atoms with Gasteiger partial charge in [0, 0.05) is 24.0 Å². The van der Waals surface area contributed by atoms with E-state index in [0.717, 1.165) is 22.1 Å². The highest BCUT2D eigenvalue weighted by Crippen LogP contribution is 2.22. The number of hydrogen-bond donors (Lipinski definition) is 0. The molecule has 0 unspecified atom stereocenters. The van der Waals surface area contributed by atoms with Crippen LogP contribution in [-0.4, -0.2) is 36.5 Å². The van der Waals surface area contributed by atoms with Gasteiger partial charge in [-0.05, 0) is 32.4 Å². The molecule has 0 bridgehead atoms. The molecule has 0 saturated heterocycles. The maximum atomic E-state index is 11.9. The lowest BCUT2D eigenvalue weighted by atomic mass is 10.1. The van der Waals surface area contributed by atoms with E-state index >= 15 is 0 Å². The molecule has 0 aliphatic carbocycles. The lowest BCUT2D eigenvalue weighted by Gasteiger charge is -2.18. The number of hydrogen-bond acceptors (Lipinski definition) is 4. The van der Waals surface area contributed by atoms with Crippen molar-refractivity contribution >= 4 is 22.8 Å². The van der Waals surface area contributed by atoms with Crippen LogP contribution in [0.25, 0.3) is 11.0 Å². The Morgan fingerprint density at radius 1 is 1.23 bits per heavy atom. The van der Waals surface area contributed by atoms with Crippen LogP contribution >= 0.6 is 0 Å². The number of nitrogens with zero attached hydrogens (tertiary/aromatic N) is 1. The second kappa shape index (κ2) is 7.11. The smallest absolute Gasteiger partial charge is 0.310 e. The van der Waals surface area contributed by atoms with Crippen molar-refractivity contribution in [3.8, 4) is 0 Å². The number of aryl methyl sites for hydroxylation is 1. The Labute approximate surface area is 129 Å². The highest BCUT2D eigenvalue weighted by molar-refractivity contribution is 5.87. The molecule has 0 N–H and O–H groups in total. The van der Waals surface area contributed by atoms with E-state index in [9.17, 15) is 9.59 Å². The summed E-state index contributed by atoms with van der Waals surface area (Å²) < 4.78 is 10.5. The number of ether oxygens (including phenoxy) is 1. The van der Waals surface area contributed by atoms with Crippen molar-refractivity contribution in [2.75, 3.05) is 19.7 Å². The SMILES string of the molecule is CCN(CC)C(=O)COC(=O)Cc1coc2cc(C)ccc12. The summed E-state index contributed by atoms with van der Waals surface area (Å²) >= 11 is 0. The summed E-state index contributed by atoms with van der Waals surface area (Å²) in [6, 6.07) is 5.82. The molecule has 1 aromatic heterocycles. The molecule has 5 nitrogen and oxygen atoms in total. The highest BCUT2D eigenvalue weighted by atomic mass is 16.5. The summed E-state index contributed by atoms with van der Waals surface area (Å²) in [4.78, 5) is 25.3. The molecular formula is C17H21NO4. The van der Waals surface area contributed by atoms with Gasteiger partial charge >= 0.3 is 5.97 Å². The van der Waals surface area contributed by atoms with Crippen LogP contribution in [0, 0.1) is 6.92 Å². The minimum atomic E-state index is -0.427.